The third-order valence-electron chi connectivity index (χ3n) is 2.71. The van der Waals surface area contributed by atoms with E-state index in [9.17, 15) is 8.42 Å². The molecule has 0 saturated carbocycles. The second kappa shape index (κ2) is 6.21. The molecule has 0 atom stereocenters. The summed E-state index contributed by atoms with van der Waals surface area (Å²) in [5.41, 5.74) is 7.36. The van der Waals surface area contributed by atoms with Crippen LogP contribution in [0.5, 0.6) is 0 Å². The lowest BCUT2D eigenvalue weighted by molar-refractivity contribution is 0.0785. The number of ether oxygens (including phenoxy) is 2. The zero-order valence-electron chi connectivity index (χ0n) is 11.1. The van der Waals surface area contributed by atoms with Crippen LogP contribution < -0.4 is 5.73 Å². The number of hydrogen-bond donors (Lipinski definition) is 2. The molecule has 2 rings (SSSR count). The van der Waals surface area contributed by atoms with Gasteiger partial charge in [-0.1, -0.05) is 0 Å². The zero-order valence-corrected chi connectivity index (χ0v) is 11.9. The van der Waals surface area contributed by atoms with Crippen LogP contribution in [0.3, 0.4) is 0 Å². The van der Waals surface area contributed by atoms with Crippen LogP contribution in [-0.2, 0) is 19.3 Å². The third kappa shape index (κ3) is 3.47. The maximum absolute atomic E-state index is 12.1. The SMILES string of the molecule is COCCOCCS(=O)(=O)c1nc2ccc(N)cc2[nH]1. The van der Waals surface area contributed by atoms with Gasteiger partial charge in [0.2, 0.25) is 15.0 Å². The molecule has 0 spiro atoms. The highest BCUT2D eigenvalue weighted by molar-refractivity contribution is 7.91. The first kappa shape index (κ1) is 14.8. The van der Waals surface area contributed by atoms with E-state index in [2.05, 4.69) is 9.97 Å². The van der Waals surface area contributed by atoms with E-state index >= 15 is 0 Å². The fraction of sp³-hybridized carbons (Fsp3) is 0.417. The molecule has 3 N–H and O–H groups in total. The highest BCUT2D eigenvalue weighted by Gasteiger charge is 2.19. The number of aromatic amines is 1. The number of nitrogens with two attached hydrogens (primary N) is 1. The van der Waals surface area contributed by atoms with Crippen molar-refractivity contribution in [1.29, 1.82) is 0 Å². The van der Waals surface area contributed by atoms with E-state index in [1.54, 1.807) is 25.3 Å². The first-order chi connectivity index (χ1) is 9.53. The molecule has 0 saturated heterocycles. The number of anilines is 1. The number of fused-ring (bicyclic) bond motifs is 1. The molecular weight excluding hydrogens is 282 g/mol. The van der Waals surface area contributed by atoms with Crippen molar-refractivity contribution in [2.75, 3.05) is 38.4 Å². The average molecular weight is 299 g/mol. The van der Waals surface area contributed by atoms with Crippen molar-refractivity contribution in [2.24, 2.45) is 0 Å². The summed E-state index contributed by atoms with van der Waals surface area (Å²) in [5.74, 6) is -0.133. The fourth-order valence-corrected chi connectivity index (χ4v) is 2.69. The maximum atomic E-state index is 12.1. The summed E-state index contributed by atoms with van der Waals surface area (Å²) in [6, 6.07) is 5.00. The van der Waals surface area contributed by atoms with Crippen LogP contribution in [-0.4, -0.2) is 51.1 Å². The lowest BCUT2D eigenvalue weighted by Gasteiger charge is -2.03. The van der Waals surface area contributed by atoms with Crippen molar-refractivity contribution in [3.63, 3.8) is 0 Å². The molecule has 1 heterocycles. The molecule has 2 aromatic rings. The van der Waals surface area contributed by atoms with Crippen LogP contribution in [0.4, 0.5) is 5.69 Å². The van der Waals surface area contributed by atoms with Gasteiger partial charge in [0.1, 0.15) is 0 Å². The van der Waals surface area contributed by atoms with E-state index in [1.807, 2.05) is 0 Å². The van der Waals surface area contributed by atoms with Crippen LogP contribution in [0.15, 0.2) is 23.4 Å². The Bertz CT molecular complexity index is 681. The Morgan fingerprint density at radius 3 is 2.85 bits per heavy atom. The van der Waals surface area contributed by atoms with Crippen molar-refractivity contribution in [3.05, 3.63) is 18.2 Å². The normalized spacial score (nSPS) is 12.1. The second-order valence-corrected chi connectivity index (χ2v) is 6.27. The largest absolute Gasteiger partial charge is 0.399 e. The molecule has 0 aliphatic carbocycles. The minimum atomic E-state index is -3.50. The predicted molar refractivity (Wildman–Crippen MR) is 75.3 cm³/mol. The molecule has 0 unspecified atom stereocenters. The standard InChI is InChI=1S/C12H17N3O4S/c1-18-4-5-19-6-7-20(16,17)12-14-10-3-2-9(13)8-11(10)15-12/h2-3,8H,4-7,13H2,1H3,(H,14,15). The summed E-state index contributed by atoms with van der Waals surface area (Å²) < 4.78 is 34.1. The molecule has 20 heavy (non-hydrogen) atoms. The number of benzene rings is 1. The van der Waals surface area contributed by atoms with Crippen LogP contribution >= 0.6 is 0 Å². The van der Waals surface area contributed by atoms with Crippen molar-refractivity contribution in [1.82, 2.24) is 9.97 Å². The summed E-state index contributed by atoms with van der Waals surface area (Å²) in [6.45, 7) is 0.900. The molecule has 0 amide bonds. The highest BCUT2D eigenvalue weighted by Crippen LogP contribution is 2.17. The number of hydrogen-bond acceptors (Lipinski definition) is 6. The molecule has 1 aromatic heterocycles. The van der Waals surface area contributed by atoms with Crippen LogP contribution in [0, 0.1) is 0 Å². The first-order valence-corrected chi connectivity index (χ1v) is 7.73. The van der Waals surface area contributed by atoms with Gasteiger partial charge in [0.25, 0.3) is 0 Å². The number of methoxy groups -OCH3 is 1. The van der Waals surface area contributed by atoms with E-state index in [-0.39, 0.29) is 17.5 Å². The molecule has 0 aliphatic heterocycles. The Hall–Kier alpha value is -1.64. The van der Waals surface area contributed by atoms with E-state index in [4.69, 9.17) is 15.2 Å². The summed E-state index contributed by atoms with van der Waals surface area (Å²) in [6.07, 6.45) is 0. The predicted octanol–water partition coefficient (Wildman–Crippen LogP) is 0.582. The van der Waals surface area contributed by atoms with Gasteiger partial charge in [0.05, 0.1) is 36.6 Å². The molecular formula is C12H17N3O4S. The minimum Gasteiger partial charge on any atom is -0.399 e. The van der Waals surface area contributed by atoms with Crippen LogP contribution in [0.25, 0.3) is 11.0 Å². The molecule has 0 aliphatic rings. The highest BCUT2D eigenvalue weighted by atomic mass is 32.2. The zero-order chi connectivity index (χ0) is 14.6. The Labute approximate surface area is 117 Å². The van der Waals surface area contributed by atoms with Crippen LogP contribution in [0.1, 0.15) is 0 Å². The topological polar surface area (TPSA) is 107 Å². The van der Waals surface area contributed by atoms with Crippen molar-refractivity contribution < 1.29 is 17.9 Å². The fourth-order valence-electron chi connectivity index (χ4n) is 1.66. The Morgan fingerprint density at radius 1 is 1.30 bits per heavy atom. The molecule has 1 aromatic carbocycles. The summed E-state index contributed by atoms with van der Waals surface area (Å²) in [4.78, 5) is 6.83. The maximum Gasteiger partial charge on any atom is 0.226 e. The number of rotatable bonds is 7. The third-order valence-corrected chi connectivity index (χ3v) is 4.19. The summed E-state index contributed by atoms with van der Waals surface area (Å²) in [7, 11) is -1.94. The Morgan fingerprint density at radius 2 is 2.10 bits per heavy atom. The first-order valence-electron chi connectivity index (χ1n) is 6.07. The number of nitrogen functional groups attached to an aromatic ring is 1. The van der Waals surface area contributed by atoms with E-state index in [1.165, 1.54) is 0 Å². The van der Waals surface area contributed by atoms with Crippen molar-refractivity contribution in [3.8, 4) is 0 Å². The number of sulfone groups is 1. The Kier molecular flexibility index (Phi) is 4.58. The van der Waals surface area contributed by atoms with Gasteiger partial charge in [0.15, 0.2) is 0 Å². The smallest absolute Gasteiger partial charge is 0.226 e. The van der Waals surface area contributed by atoms with Gasteiger partial charge >= 0.3 is 0 Å². The van der Waals surface area contributed by atoms with Gasteiger partial charge in [-0.05, 0) is 18.2 Å². The second-order valence-electron chi connectivity index (χ2n) is 4.24. The van der Waals surface area contributed by atoms with Crippen molar-refractivity contribution >= 4 is 26.6 Å². The molecule has 0 bridgehead atoms. The summed E-state index contributed by atoms with van der Waals surface area (Å²) >= 11 is 0. The summed E-state index contributed by atoms with van der Waals surface area (Å²) in [5, 5.41) is -0.0616. The molecule has 110 valence electrons. The Balaban J connectivity index is 2.07. The quantitative estimate of drug-likeness (QED) is 0.572. The van der Waals surface area contributed by atoms with E-state index < -0.39 is 9.84 Å². The van der Waals surface area contributed by atoms with Gasteiger partial charge < -0.3 is 20.2 Å². The van der Waals surface area contributed by atoms with Crippen LogP contribution in [0.2, 0.25) is 0 Å². The van der Waals surface area contributed by atoms with Gasteiger partial charge in [-0.3, -0.25) is 0 Å². The number of nitrogens with zero attached hydrogens (tertiary/aromatic N) is 1. The number of nitrogens with one attached hydrogen (secondary N) is 1. The number of H-pyrrole nitrogens is 1. The minimum absolute atomic E-state index is 0.0616. The molecule has 0 radical (unpaired) electrons. The molecule has 0 fully saturated rings. The lowest BCUT2D eigenvalue weighted by atomic mass is 10.3. The molecule has 8 heteroatoms. The monoisotopic (exact) mass is 299 g/mol. The van der Waals surface area contributed by atoms with Crippen molar-refractivity contribution in [2.45, 2.75) is 5.16 Å². The average Bonchev–Trinajstić information content (AvgIpc) is 2.82. The van der Waals surface area contributed by atoms with Gasteiger partial charge in [0, 0.05) is 12.8 Å². The lowest BCUT2D eigenvalue weighted by Crippen LogP contribution is -2.15. The van der Waals surface area contributed by atoms with E-state index in [0.29, 0.717) is 29.9 Å². The molecule has 7 nitrogen and oxygen atoms in total. The number of imidazole rings is 1. The van der Waals surface area contributed by atoms with Gasteiger partial charge in [-0.25, -0.2) is 13.4 Å². The van der Waals surface area contributed by atoms with Gasteiger partial charge in [-0.15, -0.1) is 0 Å². The number of aromatic nitrogens is 2. The van der Waals surface area contributed by atoms with Gasteiger partial charge in [-0.2, -0.15) is 0 Å². The van der Waals surface area contributed by atoms with E-state index in [0.717, 1.165) is 0 Å².